The van der Waals surface area contributed by atoms with E-state index < -0.39 is 0 Å². The Morgan fingerprint density at radius 2 is 1.91 bits per heavy atom. The van der Waals surface area contributed by atoms with Crippen LogP contribution in [0.15, 0.2) is 12.7 Å². The van der Waals surface area contributed by atoms with E-state index in [4.69, 9.17) is 0 Å². The standard InChI is InChI=1S/C20H36N2O/c1-6-16-10-11-17(15-22-12-8-7-9-13-22)20(5,14-16)18(23)21-19(2,3)4/h6,16-17H,1,7-15H2,2-5H3,(H,21,23)/t16-,17?,20+/m1/s1. The molecule has 0 spiro atoms. The Labute approximate surface area is 142 Å². The largest absolute Gasteiger partial charge is 0.351 e. The second-order valence-corrected chi connectivity index (χ2v) is 8.96. The van der Waals surface area contributed by atoms with E-state index in [2.05, 4.69) is 50.6 Å². The molecule has 1 N–H and O–H groups in total. The summed E-state index contributed by atoms with van der Waals surface area (Å²) in [6.07, 6.45) is 9.31. The third-order valence-electron chi connectivity index (χ3n) is 5.74. The van der Waals surface area contributed by atoms with Gasteiger partial charge in [-0.25, -0.2) is 0 Å². The number of hydrogen-bond acceptors (Lipinski definition) is 2. The van der Waals surface area contributed by atoms with Gasteiger partial charge in [0, 0.05) is 12.1 Å². The molecule has 0 aromatic rings. The Kier molecular flexibility index (Phi) is 5.94. The molecule has 1 heterocycles. The van der Waals surface area contributed by atoms with E-state index in [0.29, 0.717) is 11.8 Å². The molecule has 132 valence electrons. The van der Waals surface area contributed by atoms with Crippen LogP contribution in [-0.2, 0) is 4.79 Å². The first-order valence-corrected chi connectivity index (χ1v) is 9.42. The first-order chi connectivity index (χ1) is 10.7. The molecule has 3 nitrogen and oxygen atoms in total. The summed E-state index contributed by atoms with van der Waals surface area (Å²) in [5.41, 5.74) is -0.446. The number of nitrogens with one attached hydrogen (secondary N) is 1. The van der Waals surface area contributed by atoms with Crippen LogP contribution in [0.1, 0.15) is 66.2 Å². The molecule has 0 aromatic carbocycles. The van der Waals surface area contributed by atoms with Gasteiger partial charge in [-0.2, -0.15) is 0 Å². The fraction of sp³-hybridized carbons (Fsp3) is 0.850. The number of rotatable bonds is 4. The van der Waals surface area contributed by atoms with Crippen LogP contribution in [0, 0.1) is 17.3 Å². The van der Waals surface area contributed by atoms with Crippen molar-refractivity contribution in [3.8, 4) is 0 Å². The molecule has 1 aliphatic carbocycles. The van der Waals surface area contributed by atoms with Crippen LogP contribution in [0.2, 0.25) is 0 Å². The van der Waals surface area contributed by atoms with E-state index in [1.54, 1.807) is 0 Å². The summed E-state index contributed by atoms with van der Waals surface area (Å²) in [5, 5.41) is 3.25. The third kappa shape index (κ3) is 4.82. The normalized spacial score (nSPS) is 33.2. The first kappa shape index (κ1) is 18.5. The SMILES string of the molecule is C=C[C@@H]1CCC(CN2CCCCC2)[C@@](C)(C(=O)NC(C)(C)C)C1. The molecule has 1 aliphatic heterocycles. The van der Waals surface area contributed by atoms with E-state index in [9.17, 15) is 4.79 Å². The monoisotopic (exact) mass is 320 g/mol. The topological polar surface area (TPSA) is 32.3 Å². The number of likely N-dealkylation sites (tertiary alicyclic amines) is 1. The van der Waals surface area contributed by atoms with Gasteiger partial charge in [0.25, 0.3) is 0 Å². The molecule has 2 fully saturated rings. The highest BCUT2D eigenvalue weighted by atomic mass is 16.2. The number of nitrogens with zero attached hydrogens (tertiary/aromatic N) is 1. The Bertz CT molecular complexity index is 420. The number of carbonyl (C=O) groups is 1. The quantitative estimate of drug-likeness (QED) is 0.794. The van der Waals surface area contributed by atoms with Gasteiger partial charge in [-0.15, -0.1) is 6.58 Å². The van der Waals surface area contributed by atoms with Gasteiger partial charge in [-0.1, -0.05) is 19.4 Å². The average molecular weight is 321 g/mol. The van der Waals surface area contributed by atoms with Crippen molar-refractivity contribution < 1.29 is 4.79 Å². The average Bonchev–Trinajstić information content (AvgIpc) is 2.48. The van der Waals surface area contributed by atoms with E-state index in [0.717, 1.165) is 19.4 Å². The fourth-order valence-corrected chi connectivity index (χ4v) is 4.26. The summed E-state index contributed by atoms with van der Waals surface area (Å²) in [7, 11) is 0. The predicted molar refractivity (Wildman–Crippen MR) is 97.3 cm³/mol. The van der Waals surface area contributed by atoms with E-state index in [1.807, 2.05) is 0 Å². The highest BCUT2D eigenvalue weighted by molar-refractivity contribution is 5.83. The summed E-state index contributed by atoms with van der Waals surface area (Å²) in [6, 6.07) is 0. The second-order valence-electron chi connectivity index (χ2n) is 8.96. The van der Waals surface area contributed by atoms with Crippen LogP contribution in [0.5, 0.6) is 0 Å². The number of carbonyl (C=O) groups excluding carboxylic acids is 1. The highest BCUT2D eigenvalue weighted by Crippen LogP contribution is 2.45. The van der Waals surface area contributed by atoms with Crippen LogP contribution in [-0.4, -0.2) is 36.0 Å². The van der Waals surface area contributed by atoms with Crippen LogP contribution < -0.4 is 5.32 Å². The number of allylic oxidation sites excluding steroid dienone is 1. The van der Waals surface area contributed by atoms with Crippen LogP contribution in [0.3, 0.4) is 0 Å². The van der Waals surface area contributed by atoms with Crippen molar-refractivity contribution in [2.24, 2.45) is 17.3 Å². The van der Waals surface area contributed by atoms with Gasteiger partial charge in [-0.05, 0) is 77.8 Å². The van der Waals surface area contributed by atoms with Crippen molar-refractivity contribution in [1.29, 1.82) is 0 Å². The second kappa shape index (κ2) is 7.38. The molecule has 0 bridgehead atoms. The number of hydrogen-bond donors (Lipinski definition) is 1. The van der Waals surface area contributed by atoms with Crippen molar-refractivity contribution in [2.75, 3.05) is 19.6 Å². The smallest absolute Gasteiger partial charge is 0.226 e. The van der Waals surface area contributed by atoms with Crippen molar-refractivity contribution >= 4 is 5.91 Å². The number of piperidine rings is 1. The molecule has 23 heavy (non-hydrogen) atoms. The summed E-state index contributed by atoms with van der Waals surface area (Å²) >= 11 is 0. The van der Waals surface area contributed by atoms with Crippen molar-refractivity contribution in [3.05, 3.63) is 12.7 Å². The van der Waals surface area contributed by atoms with Crippen molar-refractivity contribution in [1.82, 2.24) is 10.2 Å². The molecule has 2 rings (SSSR count). The van der Waals surface area contributed by atoms with Crippen LogP contribution >= 0.6 is 0 Å². The lowest BCUT2D eigenvalue weighted by Crippen LogP contribution is -2.54. The molecule has 3 heteroatoms. The van der Waals surface area contributed by atoms with Crippen molar-refractivity contribution in [3.63, 3.8) is 0 Å². The minimum absolute atomic E-state index is 0.170. The molecule has 0 radical (unpaired) electrons. The lowest BCUT2D eigenvalue weighted by molar-refractivity contribution is -0.138. The van der Waals surface area contributed by atoms with Gasteiger partial charge >= 0.3 is 0 Å². The fourth-order valence-electron chi connectivity index (χ4n) is 4.26. The van der Waals surface area contributed by atoms with Gasteiger partial charge in [0.1, 0.15) is 0 Å². The number of amides is 1. The lowest BCUT2D eigenvalue weighted by Gasteiger charge is -2.46. The van der Waals surface area contributed by atoms with E-state index >= 15 is 0 Å². The Morgan fingerprint density at radius 1 is 1.26 bits per heavy atom. The Morgan fingerprint density at radius 3 is 2.48 bits per heavy atom. The van der Waals surface area contributed by atoms with Gasteiger partial charge in [0.2, 0.25) is 5.91 Å². The van der Waals surface area contributed by atoms with Gasteiger partial charge in [-0.3, -0.25) is 4.79 Å². The molecule has 1 saturated carbocycles. The Hall–Kier alpha value is -0.830. The van der Waals surface area contributed by atoms with E-state index in [1.165, 1.54) is 38.8 Å². The van der Waals surface area contributed by atoms with Crippen LogP contribution in [0.25, 0.3) is 0 Å². The summed E-state index contributed by atoms with van der Waals surface area (Å²) in [5.74, 6) is 1.17. The van der Waals surface area contributed by atoms with Crippen molar-refractivity contribution in [2.45, 2.75) is 71.8 Å². The molecular weight excluding hydrogens is 284 g/mol. The minimum Gasteiger partial charge on any atom is -0.351 e. The highest BCUT2D eigenvalue weighted by Gasteiger charge is 2.46. The van der Waals surface area contributed by atoms with E-state index in [-0.39, 0.29) is 16.9 Å². The minimum atomic E-state index is -0.276. The zero-order valence-corrected chi connectivity index (χ0v) is 15.7. The first-order valence-electron chi connectivity index (χ1n) is 9.42. The molecule has 2 aliphatic rings. The summed E-state index contributed by atoms with van der Waals surface area (Å²) in [6.45, 7) is 15.9. The van der Waals surface area contributed by atoms with Gasteiger partial charge < -0.3 is 10.2 Å². The predicted octanol–water partition coefficient (Wildman–Crippen LogP) is 4.00. The van der Waals surface area contributed by atoms with Gasteiger partial charge in [0.15, 0.2) is 0 Å². The lowest BCUT2D eigenvalue weighted by atomic mass is 9.63. The molecular formula is C20H36N2O. The van der Waals surface area contributed by atoms with Crippen LogP contribution in [0.4, 0.5) is 0 Å². The zero-order valence-electron chi connectivity index (χ0n) is 15.7. The molecule has 0 aromatic heterocycles. The Balaban J connectivity index is 2.12. The maximum atomic E-state index is 13.1. The molecule has 3 atom stereocenters. The maximum Gasteiger partial charge on any atom is 0.226 e. The maximum absolute atomic E-state index is 13.1. The summed E-state index contributed by atoms with van der Waals surface area (Å²) < 4.78 is 0. The van der Waals surface area contributed by atoms with Gasteiger partial charge in [0.05, 0.1) is 5.41 Å². The molecule has 1 unspecified atom stereocenters. The third-order valence-corrected chi connectivity index (χ3v) is 5.74. The molecule has 1 saturated heterocycles. The zero-order chi connectivity index (χ0) is 17.1. The summed E-state index contributed by atoms with van der Waals surface area (Å²) in [4.78, 5) is 15.7. The molecule has 1 amide bonds.